The van der Waals surface area contributed by atoms with Crippen molar-refractivity contribution in [2.75, 3.05) is 32.7 Å². The van der Waals surface area contributed by atoms with Crippen LogP contribution in [0, 0.1) is 0 Å². The summed E-state index contributed by atoms with van der Waals surface area (Å²) in [4.78, 5) is 15.2. The first-order chi connectivity index (χ1) is 13.7. The quantitative estimate of drug-likeness (QED) is 0.626. The number of piperidine rings is 1. The summed E-state index contributed by atoms with van der Waals surface area (Å²) >= 11 is 6.22. The fourth-order valence-corrected chi connectivity index (χ4v) is 5.07. The van der Waals surface area contributed by atoms with Gasteiger partial charge in [-0.25, -0.2) is 8.42 Å². The van der Waals surface area contributed by atoms with Crippen molar-refractivity contribution < 1.29 is 13.2 Å². The SMILES string of the molecule is CCN(CC)S(=O)(=O)c1ccc(Cl)c(C(=O)NC2CCN(CC=C(C)C)CC2)c1. The summed E-state index contributed by atoms with van der Waals surface area (Å²) in [5, 5.41) is 3.28. The standard InChI is InChI=1S/C21H32ClN3O3S/c1-5-25(6-2)29(27,28)18-7-8-20(22)19(15-18)21(26)23-17-10-13-24(14-11-17)12-9-16(3)4/h7-9,15,17H,5-6,10-14H2,1-4H3,(H,23,26). The summed E-state index contributed by atoms with van der Waals surface area (Å²) in [7, 11) is -3.65. The van der Waals surface area contributed by atoms with Crippen LogP contribution in [0.2, 0.25) is 5.02 Å². The number of allylic oxidation sites excluding steroid dienone is 1. The van der Waals surface area contributed by atoms with Crippen LogP contribution in [0.5, 0.6) is 0 Å². The predicted octanol–water partition coefficient (Wildman–Crippen LogP) is 3.53. The van der Waals surface area contributed by atoms with Gasteiger partial charge in [0.15, 0.2) is 0 Å². The Labute approximate surface area is 180 Å². The molecular weight excluding hydrogens is 410 g/mol. The molecule has 0 bridgehead atoms. The maximum absolute atomic E-state index is 12.8. The zero-order valence-corrected chi connectivity index (χ0v) is 19.3. The monoisotopic (exact) mass is 441 g/mol. The van der Waals surface area contributed by atoms with Gasteiger partial charge in [0.2, 0.25) is 10.0 Å². The minimum atomic E-state index is -3.65. The van der Waals surface area contributed by atoms with Crippen molar-refractivity contribution in [3.8, 4) is 0 Å². The number of hydrogen-bond donors (Lipinski definition) is 1. The first kappa shape index (κ1) is 23.9. The molecule has 162 valence electrons. The Morgan fingerprint density at radius 3 is 2.41 bits per heavy atom. The Hall–Kier alpha value is -1.41. The van der Waals surface area contributed by atoms with Crippen molar-refractivity contribution in [3.63, 3.8) is 0 Å². The van der Waals surface area contributed by atoms with Crippen LogP contribution in [0.15, 0.2) is 34.7 Å². The van der Waals surface area contributed by atoms with E-state index in [1.54, 1.807) is 13.8 Å². The minimum absolute atomic E-state index is 0.0598. The summed E-state index contributed by atoms with van der Waals surface area (Å²) in [5.41, 5.74) is 1.50. The molecule has 1 N–H and O–H groups in total. The van der Waals surface area contributed by atoms with Gasteiger partial charge in [-0.2, -0.15) is 4.31 Å². The number of carbonyl (C=O) groups excluding carboxylic acids is 1. The number of hydrogen-bond acceptors (Lipinski definition) is 4. The van der Waals surface area contributed by atoms with Crippen molar-refractivity contribution in [2.45, 2.75) is 51.5 Å². The fourth-order valence-electron chi connectivity index (χ4n) is 3.39. The molecule has 1 aromatic carbocycles. The van der Waals surface area contributed by atoms with Crippen LogP contribution in [-0.2, 0) is 10.0 Å². The van der Waals surface area contributed by atoms with Gasteiger partial charge in [-0.3, -0.25) is 9.69 Å². The minimum Gasteiger partial charge on any atom is -0.349 e. The molecule has 0 aromatic heterocycles. The number of nitrogens with zero attached hydrogens (tertiary/aromatic N) is 2. The highest BCUT2D eigenvalue weighted by atomic mass is 35.5. The summed E-state index contributed by atoms with van der Waals surface area (Å²) in [6, 6.07) is 4.38. The third-order valence-electron chi connectivity index (χ3n) is 5.21. The van der Waals surface area contributed by atoms with Crippen LogP contribution in [0.3, 0.4) is 0 Å². The molecule has 0 radical (unpaired) electrons. The summed E-state index contributed by atoms with van der Waals surface area (Å²) < 4.78 is 26.9. The molecule has 8 heteroatoms. The summed E-state index contributed by atoms with van der Waals surface area (Å²) in [5.74, 6) is -0.325. The second-order valence-corrected chi connectivity index (χ2v) is 9.91. The maximum atomic E-state index is 12.8. The largest absolute Gasteiger partial charge is 0.349 e. The first-order valence-corrected chi connectivity index (χ1v) is 12.0. The van der Waals surface area contributed by atoms with Crippen molar-refractivity contribution in [1.82, 2.24) is 14.5 Å². The molecule has 0 atom stereocenters. The van der Waals surface area contributed by atoms with Crippen LogP contribution in [0.1, 0.15) is 50.9 Å². The molecule has 0 aliphatic carbocycles. The van der Waals surface area contributed by atoms with Gasteiger partial charge in [0.25, 0.3) is 5.91 Å². The van der Waals surface area contributed by atoms with Gasteiger partial charge in [0, 0.05) is 38.8 Å². The molecule has 2 rings (SSSR count). The number of amides is 1. The zero-order chi connectivity index (χ0) is 21.6. The fraction of sp³-hybridized carbons (Fsp3) is 0.571. The van der Waals surface area contributed by atoms with E-state index < -0.39 is 10.0 Å². The zero-order valence-electron chi connectivity index (χ0n) is 17.7. The average Bonchev–Trinajstić information content (AvgIpc) is 2.68. The van der Waals surface area contributed by atoms with E-state index in [1.807, 2.05) is 0 Å². The van der Waals surface area contributed by atoms with E-state index >= 15 is 0 Å². The van der Waals surface area contributed by atoms with Crippen LogP contribution in [-0.4, -0.2) is 62.3 Å². The molecule has 6 nitrogen and oxygen atoms in total. The van der Waals surface area contributed by atoms with Crippen molar-refractivity contribution in [2.24, 2.45) is 0 Å². The number of likely N-dealkylation sites (tertiary alicyclic amines) is 1. The molecule has 0 spiro atoms. The molecule has 1 fully saturated rings. The Bertz CT molecular complexity index is 839. The highest BCUT2D eigenvalue weighted by Crippen LogP contribution is 2.23. The summed E-state index contributed by atoms with van der Waals surface area (Å²) in [6.07, 6.45) is 3.93. The van der Waals surface area contributed by atoms with Gasteiger partial charge >= 0.3 is 0 Å². The first-order valence-electron chi connectivity index (χ1n) is 10.1. The number of benzene rings is 1. The van der Waals surface area contributed by atoms with E-state index in [2.05, 4.69) is 30.1 Å². The lowest BCUT2D eigenvalue weighted by molar-refractivity contribution is 0.0914. The van der Waals surface area contributed by atoms with Crippen molar-refractivity contribution in [3.05, 3.63) is 40.4 Å². The average molecular weight is 442 g/mol. The van der Waals surface area contributed by atoms with Gasteiger partial charge in [-0.1, -0.05) is 37.1 Å². The number of rotatable bonds is 8. The molecule has 0 saturated carbocycles. The number of halogens is 1. The molecule has 1 saturated heterocycles. The Morgan fingerprint density at radius 1 is 1.24 bits per heavy atom. The number of nitrogens with one attached hydrogen (secondary N) is 1. The third-order valence-corrected chi connectivity index (χ3v) is 7.58. The molecule has 1 aliphatic rings. The lowest BCUT2D eigenvalue weighted by Gasteiger charge is -2.31. The summed E-state index contributed by atoms with van der Waals surface area (Å²) in [6.45, 7) is 11.3. The van der Waals surface area contributed by atoms with E-state index in [0.29, 0.717) is 13.1 Å². The molecule has 1 amide bonds. The van der Waals surface area contributed by atoms with E-state index in [9.17, 15) is 13.2 Å². The molecule has 1 heterocycles. The van der Waals surface area contributed by atoms with Gasteiger partial charge < -0.3 is 5.32 Å². The van der Waals surface area contributed by atoms with E-state index in [0.717, 1.165) is 32.5 Å². The lowest BCUT2D eigenvalue weighted by atomic mass is 10.0. The molecule has 29 heavy (non-hydrogen) atoms. The molecular formula is C21H32ClN3O3S. The Balaban J connectivity index is 2.07. The molecule has 1 aliphatic heterocycles. The van der Waals surface area contributed by atoms with Gasteiger partial charge in [-0.05, 0) is 44.9 Å². The van der Waals surface area contributed by atoms with E-state index in [4.69, 9.17) is 11.6 Å². The van der Waals surface area contributed by atoms with Crippen LogP contribution in [0.25, 0.3) is 0 Å². The van der Waals surface area contributed by atoms with Crippen molar-refractivity contribution in [1.29, 1.82) is 0 Å². The Kier molecular flexibility index (Phi) is 8.70. The van der Waals surface area contributed by atoms with Crippen LogP contribution >= 0.6 is 11.6 Å². The van der Waals surface area contributed by atoms with Gasteiger partial charge in [0.05, 0.1) is 15.5 Å². The van der Waals surface area contributed by atoms with E-state index in [1.165, 1.54) is 28.1 Å². The highest BCUT2D eigenvalue weighted by Gasteiger charge is 2.25. The maximum Gasteiger partial charge on any atom is 0.253 e. The van der Waals surface area contributed by atoms with E-state index in [-0.39, 0.29) is 27.4 Å². The smallest absolute Gasteiger partial charge is 0.253 e. The van der Waals surface area contributed by atoms with Gasteiger partial charge in [-0.15, -0.1) is 0 Å². The third kappa shape index (κ3) is 6.28. The van der Waals surface area contributed by atoms with Gasteiger partial charge in [0.1, 0.15) is 0 Å². The highest BCUT2D eigenvalue weighted by molar-refractivity contribution is 7.89. The molecule has 1 aromatic rings. The van der Waals surface area contributed by atoms with Crippen LogP contribution < -0.4 is 5.32 Å². The van der Waals surface area contributed by atoms with Crippen molar-refractivity contribution >= 4 is 27.5 Å². The van der Waals surface area contributed by atoms with Crippen LogP contribution in [0.4, 0.5) is 0 Å². The molecule has 0 unspecified atom stereocenters. The number of sulfonamides is 1. The predicted molar refractivity (Wildman–Crippen MR) is 118 cm³/mol. The normalized spacial score (nSPS) is 16.1. The second-order valence-electron chi connectivity index (χ2n) is 7.56. The number of carbonyl (C=O) groups is 1. The second kappa shape index (κ2) is 10.6. The Morgan fingerprint density at radius 2 is 1.86 bits per heavy atom. The lowest BCUT2D eigenvalue weighted by Crippen LogP contribution is -2.44. The topological polar surface area (TPSA) is 69.7 Å².